The zero-order valence-electron chi connectivity index (χ0n) is 20.0. The lowest BCUT2D eigenvalue weighted by Gasteiger charge is -2.14. The van der Waals surface area contributed by atoms with E-state index in [9.17, 15) is 9.32 Å². The highest BCUT2D eigenvalue weighted by atomic mass is 32.2. The molecule has 4 rings (SSSR count). The van der Waals surface area contributed by atoms with Crippen molar-refractivity contribution >= 4 is 33.0 Å². The van der Waals surface area contributed by atoms with E-state index in [1.54, 1.807) is 24.4 Å². The molecule has 0 aliphatic rings. The molecule has 36 heavy (non-hydrogen) atoms. The summed E-state index contributed by atoms with van der Waals surface area (Å²) in [6.45, 7) is 3.07. The van der Waals surface area contributed by atoms with E-state index in [0.717, 1.165) is 28.0 Å². The Hall–Kier alpha value is -3.92. The molecule has 0 aliphatic carbocycles. The SMILES string of the molecule is C=S(N)(=O)c1cccc(Nc2ncc(-c3ccc(OCC)cc3)c(NCc3ccc(CO)cc3)n2)c1. The van der Waals surface area contributed by atoms with Gasteiger partial charge in [-0.15, -0.1) is 0 Å². The van der Waals surface area contributed by atoms with Crippen LogP contribution in [-0.2, 0) is 22.9 Å². The van der Waals surface area contributed by atoms with Gasteiger partial charge in [0.1, 0.15) is 11.6 Å². The van der Waals surface area contributed by atoms with Crippen molar-refractivity contribution in [1.29, 1.82) is 0 Å². The van der Waals surface area contributed by atoms with Crippen LogP contribution in [0.4, 0.5) is 17.5 Å². The fourth-order valence-corrected chi connectivity index (χ4v) is 4.19. The van der Waals surface area contributed by atoms with E-state index in [-0.39, 0.29) is 6.61 Å². The summed E-state index contributed by atoms with van der Waals surface area (Å²) in [5.74, 6) is 5.34. The normalized spacial score (nSPS) is 12.5. The van der Waals surface area contributed by atoms with Crippen molar-refractivity contribution in [3.05, 3.63) is 90.1 Å². The molecule has 0 saturated heterocycles. The number of benzene rings is 3. The second kappa shape index (κ2) is 11.2. The molecule has 8 nitrogen and oxygen atoms in total. The fraction of sp³-hybridized carbons (Fsp3) is 0.148. The van der Waals surface area contributed by atoms with Gasteiger partial charge >= 0.3 is 0 Å². The van der Waals surface area contributed by atoms with Crippen molar-refractivity contribution < 1.29 is 14.1 Å². The monoisotopic (exact) mass is 503 g/mol. The molecule has 9 heteroatoms. The summed E-state index contributed by atoms with van der Waals surface area (Å²) in [5, 5.41) is 21.5. The molecular formula is C27H29N5O3S. The number of aromatic nitrogens is 2. The van der Waals surface area contributed by atoms with E-state index in [2.05, 4.69) is 21.5 Å². The van der Waals surface area contributed by atoms with E-state index in [4.69, 9.17) is 14.9 Å². The molecule has 0 saturated carbocycles. The predicted octanol–water partition coefficient (Wildman–Crippen LogP) is 4.34. The average molecular weight is 504 g/mol. The molecular weight excluding hydrogens is 474 g/mol. The van der Waals surface area contributed by atoms with E-state index in [1.807, 2.05) is 61.5 Å². The Balaban J connectivity index is 1.64. The summed E-state index contributed by atoms with van der Waals surface area (Å²) >= 11 is 0. The van der Waals surface area contributed by atoms with Gasteiger partial charge in [-0.3, -0.25) is 5.14 Å². The molecule has 3 aromatic carbocycles. The Morgan fingerprint density at radius 2 is 1.78 bits per heavy atom. The van der Waals surface area contributed by atoms with Gasteiger partial charge in [0.25, 0.3) is 0 Å². The van der Waals surface area contributed by atoms with Crippen LogP contribution in [0.1, 0.15) is 18.1 Å². The van der Waals surface area contributed by atoms with Gasteiger partial charge in [0.2, 0.25) is 5.95 Å². The molecule has 0 aliphatic heterocycles. The lowest BCUT2D eigenvalue weighted by Crippen LogP contribution is -2.12. The Labute approximate surface area is 211 Å². The van der Waals surface area contributed by atoms with Crippen LogP contribution >= 0.6 is 0 Å². The van der Waals surface area contributed by atoms with Crippen LogP contribution in [0.2, 0.25) is 0 Å². The molecule has 0 bridgehead atoms. The average Bonchev–Trinajstić information content (AvgIpc) is 2.88. The molecule has 0 spiro atoms. The minimum atomic E-state index is -2.84. The van der Waals surface area contributed by atoms with Gasteiger partial charge in [0, 0.05) is 28.9 Å². The first-order chi connectivity index (χ1) is 17.4. The van der Waals surface area contributed by atoms with Crippen molar-refractivity contribution in [2.24, 2.45) is 5.14 Å². The van der Waals surface area contributed by atoms with E-state index < -0.39 is 9.71 Å². The number of rotatable bonds is 10. The van der Waals surface area contributed by atoms with Crippen molar-refractivity contribution in [3.8, 4) is 16.9 Å². The van der Waals surface area contributed by atoms with Crippen molar-refractivity contribution in [2.45, 2.75) is 25.0 Å². The maximum Gasteiger partial charge on any atom is 0.229 e. The van der Waals surface area contributed by atoms with Crippen LogP contribution in [0.3, 0.4) is 0 Å². The third-order valence-corrected chi connectivity index (χ3v) is 6.47. The Morgan fingerprint density at radius 1 is 1.06 bits per heavy atom. The third-order valence-electron chi connectivity index (χ3n) is 5.42. The first-order valence-corrected chi connectivity index (χ1v) is 13.2. The number of nitrogens with two attached hydrogens (primary N) is 1. The van der Waals surface area contributed by atoms with E-state index in [0.29, 0.717) is 35.5 Å². The lowest BCUT2D eigenvalue weighted by molar-refractivity contribution is 0.282. The summed E-state index contributed by atoms with van der Waals surface area (Å²) in [6, 6.07) is 22.4. The number of aliphatic hydroxyl groups excluding tert-OH is 1. The van der Waals surface area contributed by atoms with Crippen molar-refractivity contribution in [1.82, 2.24) is 9.97 Å². The highest BCUT2D eigenvalue weighted by molar-refractivity contribution is 7.98. The van der Waals surface area contributed by atoms with Gasteiger partial charge < -0.3 is 20.5 Å². The lowest BCUT2D eigenvalue weighted by atomic mass is 10.1. The van der Waals surface area contributed by atoms with Crippen LogP contribution < -0.4 is 20.5 Å². The van der Waals surface area contributed by atoms with Crippen molar-refractivity contribution in [2.75, 3.05) is 17.2 Å². The molecule has 4 aromatic rings. The molecule has 1 heterocycles. The topological polar surface area (TPSA) is 122 Å². The first kappa shape index (κ1) is 25.2. The minimum absolute atomic E-state index is 0.00491. The molecule has 0 fully saturated rings. The molecule has 1 atom stereocenters. The first-order valence-electron chi connectivity index (χ1n) is 11.4. The summed E-state index contributed by atoms with van der Waals surface area (Å²) in [4.78, 5) is 9.65. The Bertz CT molecular complexity index is 1420. The highest BCUT2D eigenvalue weighted by Gasteiger charge is 2.11. The number of aliphatic hydroxyl groups is 1. The quantitative estimate of drug-likeness (QED) is 0.238. The summed E-state index contributed by atoms with van der Waals surface area (Å²) in [6.07, 6.45) is 1.75. The molecule has 186 valence electrons. The third kappa shape index (κ3) is 6.39. The number of hydrogen-bond acceptors (Lipinski definition) is 7. The van der Waals surface area contributed by atoms with Crippen LogP contribution in [0.25, 0.3) is 11.1 Å². The van der Waals surface area contributed by atoms with Gasteiger partial charge in [-0.1, -0.05) is 42.5 Å². The van der Waals surface area contributed by atoms with Crippen LogP contribution in [0.15, 0.2) is 83.9 Å². The zero-order chi connectivity index (χ0) is 25.5. The van der Waals surface area contributed by atoms with E-state index in [1.165, 1.54) is 0 Å². The zero-order valence-corrected chi connectivity index (χ0v) is 20.8. The number of anilines is 3. The summed E-state index contributed by atoms with van der Waals surface area (Å²) < 4.78 is 17.7. The smallest absolute Gasteiger partial charge is 0.229 e. The van der Waals surface area contributed by atoms with Gasteiger partial charge in [-0.25, -0.2) is 9.19 Å². The summed E-state index contributed by atoms with van der Waals surface area (Å²) in [5.41, 5.74) is 4.30. The van der Waals surface area contributed by atoms with Crippen LogP contribution in [0.5, 0.6) is 5.75 Å². The van der Waals surface area contributed by atoms with Gasteiger partial charge in [0.15, 0.2) is 0 Å². The van der Waals surface area contributed by atoms with Crippen molar-refractivity contribution in [3.63, 3.8) is 0 Å². The molecule has 5 N–H and O–H groups in total. The van der Waals surface area contributed by atoms with E-state index >= 15 is 0 Å². The number of nitrogens with zero attached hydrogens (tertiary/aromatic N) is 2. The van der Waals surface area contributed by atoms with Gasteiger partial charge in [-0.05, 0) is 59.8 Å². The largest absolute Gasteiger partial charge is 0.494 e. The predicted molar refractivity (Wildman–Crippen MR) is 146 cm³/mol. The van der Waals surface area contributed by atoms with Gasteiger partial charge in [-0.2, -0.15) is 4.98 Å². The number of ether oxygens (including phenoxy) is 1. The number of hydrogen-bond donors (Lipinski definition) is 4. The standard InChI is InChI=1S/C27H29N5O3S/c1-3-35-23-13-11-21(12-14-23)25-17-30-27(31-22-5-4-6-24(15-22)36(2,28)34)32-26(25)29-16-19-7-9-20(18-33)10-8-19/h4-15,17,33H,2-3,16,18H2,1H3,(H2,28,34)(H2,29,30,31,32). The Kier molecular flexibility index (Phi) is 7.84. The Morgan fingerprint density at radius 3 is 2.44 bits per heavy atom. The van der Waals surface area contributed by atoms with Crippen LogP contribution in [-0.4, -0.2) is 31.8 Å². The molecule has 1 unspecified atom stereocenters. The summed E-state index contributed by atoms with van der Waals surface area (Å²) in [7, 11) is -2.84. The van der Waals surface area contributed by atoms with Crippen LogP contribution in [0, 0.1) is 0 Å². The molecule has 0 radical (unpaired) electrons. The maximum atomic E-state index is 12.1. The van der Waals surface area contributed by atoms with Gasteiger partial charge in [0.05, 0.1) is 22.9 Å². The minimum Gasteiger partial charge on any atom is -0.494 e. The maximum absolute atomic E-state index is 12.1. The molecule has 1 aromatic heterocycles. The highest BCUT2D eigenvalue weighted by Crippen LogP contribution is 2.29. The molecule has 0 amide bonds. The second-order valence-electron chi connectivity index (χ2n) is 8.12. The fourth-order valence-electron chi connectivity index (χ4n) is 3.55. The second-order valence-corrected chi connectivity index (χ2v) is 10.0. The number of nitrogens with one attached hydrogen (secondary N) is 2.